The van der Waals surface area contributed by atoms with Crippen molar-refractivity contribution in [3.63, 3.8) is 0 Å². The average Bonchev–Trinajstić information content (AvgIpc) is 2.07. The first-order valence-electron chi connectivity index (χ1n) is 2.27. The molecule has 0 saturated carbocycles. The largest absolute Gasteiger partial charge is 0.614 e. The van der Waals surface area contributed by atoms with Gasteiger partial charge in [-0.3, -0.25) is 0 Å². The standard InChI is InChI=1S/C3H2N2O5/c6-1-2(7)5(10)3(8)4(1)9/h4-5H. The molecule has 1 rings (SSSR count). The van der Waals surface area contributed by atoms with E-state index in [1.165, 1.54) is 0 Å². The minimum Gasteiger partial charge on any atom is -0.614 e. The van der Waals surface area contributed by atoms with E-state index in [1.54, 1.807) is 0 Å². The van der Waals surface area contributed by atoms with Gasteiger partial charge in [-0.15, -0.1) is 0 Å². The molecule has 1 saturated heterocycles. The van der Waals surface area contributed by atoms with E-state index in [4.69, 9.17) is 0 Å². The normalized spacial score (nSPS) is 33.6. The molecule has 54 valence electrons. The summed E-state index contributed by atoms with van der Waals surface area (Å²) in [5.74, 6) is -3.04. The quantitative estimate of drug-likeness (QED) is 0.205. The van der Waals surface area contributed by atoms with Gasteiger partial charge in [0.15, 0.2) is 0 Å². The maximum absolute atomic E-state index is 10.2. The summed E-state index contributed by atoms with van der Waals surface area (Å²) >= 11 is 0. The van der Waals surface area contributed by atoms with Crippen LogP contribution >= 0.6 is 0 Å². The summed E-state index contributed by atoms with van der Waals surface area (Å²) in [5, 5.41) is 17.3. The van der Waals surface area contributed by atoms with Gasteiger partial charge in [-0.2, -0.15) is 14.9 Å². The van der Waals surface area contributed by atoms with Crippen LogP contribution in [-0.4, -0.2) is 17.8 Å². The maximum atomic E-state index is 10.2. The first kappa shape index (κ1) is 6.96. The summed E-state index contributed by atoms with van der Waals surface area (Å²) in [5.41, 5.74) is 0. The van der Waals surface area contributed by atoms with Crippen LogP contribution in [0.25, 0.3) is 0 Å². The van der Waals surface area contributed by atoms with E-state index in [-0.39, 0.29) is 0 Å². The third-order valence-electron chi connectivity index (χ3n) is 1.03. The summed E-state index contributed by atoms with van der Waals surface area (Å²) in [6.45, 7) is 0. The lowest BCUT2D eigenvalue weighted by atomic mass is 10.6. The molecule has 0 aliphatic carbocycles. The molecule has 7 heteroatoms. The predicted molar refractivity (Wildman–Crippen MR) is 24.1 cm³/mol. The Bertz CT molecular complexity index is 201. The topological polar surface area (TPSA) is 106 Å². The molecule has 0 radical (unpaired) electrons. The predicted octanol–water partition coefficient (Wildman–Crippen LogP) is -4.06. The fourth-order valence-corrected chi connectivity index (χ4v) is 0.516. The van der Waals surface area contributed by atoms with Crippen molar-refractivity contribution in [2.24, 2.45) is 0 Å². The summed E-state index contributed by atoms with van der Waals surface area (Å²) in [6.07, 6.45) is 0. The molecule has 2 atom stereocenters. The van der Waals surface area contributed by atoms with Crippen molar-refractivity contribution in [3.05, 3.63) is 10.4 Å². The van der Waals surface area contributed by atoms with Crippen molar-refractivity contribution in [2.45, 2.75) is 0 Å². The van der Waals surface area contributed by atoms with Gasteiger partial charge in [-0.25, -0.2) is 9.59 Å². The molecule has 7 nitrogen and oxygen atoms in total. The number of carbonyl (C=O) groups excluding carboxylic acids is 3. The Labute approximate surface area is 54.0 Å². The monoisotopic (exact) mass is 146 g/mol. The van der Waals surface area contributed by atoms with Crippen molar-refractivity contribution < 1.29 is 24.5 Å². The number of hydrogen-bond donors (Lipinski definition) is 2. The Balaban J connectivity index is 3.00. The van der Waals surface area contributed by atoms with Crippen molar-refractivity contribution in [3.8, 4) is 0 Å². The molecule has 0 spiro atoms. The molecule has 4 amide bonds. The molecule has 2 unspecified atom stereocenters. The zero-order valence-corrected chi connectivity index (χ0v) is 4.54. The van der Waals surface area contributed by atoms with E-state index >= 15 is 0 Å². The van der Waals surface area contributed by atoms with Crippen LogP contribution in [0.3, 0.4) is 0 Å². The van der Waals surface area contributed by atoms with Crippen molar-refractivity contribution in [1.82, 2.24) is 0 Å². The van der Waals surface area contributed by atoms with E-state index in [1.807, 2.05) is 0 Å². The van der Waals surface area contributed by atoms with Crippen molar-refractivity contribution in [2.75, 3.05) is 0 Å². The molecular formula is C3H2N2O5. The minimum atomic E-state index is -1.52. The van der Waals surface area contributed by atoms with Gasteiger partial charge >= 0.3 is 17.8 Å². The fourth-order valence-electron chi connectivity index (χ4n) is 0.516. The summed E-state index contributed by atoms with van der Waals surface area (Å²) < 4.78 is 0. The molecule has 0 aromatic heterocycles. The maximum Gasteiger partial charge on any atom is 0.527 e. The molecule has 10 heavy (non-hydrogen) atoms. The Morgan fingerprint density at radius 1 is 0.900 bits per heavy atom. The molecule has 2 N–H and O–H groups in total. The van der Waals surface area contributed by atoms with E-state index in [0.29, 0.717) is 0 Å². The van der Waals surface area contributed by atoms with Crippen LogP contribution in [0.2, 0.25) is 0 Å². The van der Waals surface area contributed by atoms with E-state index < -0.39 is 28.0 Å². The molecule has 1 heterocycles. The Morgan fingerprint density at radius 2 is 1.20 bits per heavy atom. The van der Waals surface area contributed by atoms with E-state index in [0.717, 1.165) is 0 Å². The van der Waals surface area contributed by atoms with Gasteiger partial charge in [0.05, 0.1) is 0 Å². The third kappa shape index (κ3) is 0.660. The van der Waals surface area contributed by atoms with Crippen LogP contribution in [0.15, 0.2) is 0 Å². The van der Waals surface area contributed by atoms with Gasteiger partial charge in [0.2, 0.25) is 0 Å². The van der Waals surface area contributed by atoms with Gasteiger partial charge in [-0.05, 0) is 0 Å². The second kappa shape index (κ2) is 1.92. The lowest BCUT2D eigenvalue weighted by Gasteiger charge is -2.05. The van der Waals surface area contributed by atoms with Gasteiger partial charge in [0.1, 0.15) is 0 Å². The van der Waals surface area contributed by atoms with Gasteiger partial charge in [0.25, 0.3) is 0 Å². The molecule has 1 fully saturated rings. The zero-order valence-electron chi connectivity index (χ0n) is 4.54. The zero-order chi connectivity index (χ0) is 7.89. The highest BCUT2D eigenvalue weighted by atomic mass is 16.6. The minimum absolute atomic E-state index is 1.52. The highest BCUT2D eigenvalue weighted by molar-refractivity contribution is 6.32. The highest BCUT2D eigenvalue weighted by Crippen LogP contribution is 1.64. The number of carbonyl (C=O) groups is 3. The molecule has 0 aromatic rings. The molecule has 0 bridgehead atoms. The lowest BCUT2D eigenvalue weighted by Crippen LogP contribution is -3.23. The fraction of sp³-hybridized carbons (Fsp3) is 0. The van der Waals surface area contributed by atoms with Crippen LogP contribution in [-0.2, 0) is 9.59 Å². The molecule has 0 aromatic carbocycles. The van der Waals surface area contributed by atoms with E-state index in [2.05, 4.69) is 0 Å². The number of hydroxylamine groups is 4. The SMILES string of the molecule is O=C1C(=O)[NH+]([O-])C(=O)[NH+]1[O-]. The number of rotatable bonds is 0. The molecule has 1 aliphatic rings. The summed E-state index contributed by atoms with van der Waals surface area (Å²) in [6, 6.07) is -1.52. The van der Waals surface area contributed by atoms with Crippen LogP contribution in [0.1, 0.15) is 0 Å². The second-order valence-electron chi connectivity index (χ2n) is 1.65. The summed E-state index contributed by atoms with van der Waals surface area (Å²) in [4.78, 5) is 30.6. The van der Waals surface area contributed by atoms with Crippen LogP contribution < -0.4 is 10.1 Å². The molecular weight excluding hydrogens is 144 g/mol. The number of amides is 4. The Hall–Kier alpha value is -1.15. The number of quaternary nitrogens is 2. The number of urea groups is 1. The smallest absolute Gasteiger partial charge is 0.527 e. The second-order valence-corrected chi connectivity index (χ2v) is 1.65. The van der Waals surface area contributed by atoms with Crippen LogP contribution in [0.5, 0.6) is 0 Å². The average molecular weight is 146 g/mol. The van der Waals surface area contributed by atoms with Gasteiger partial charge in [-0.1, -0.05) is 0 Å². The Kier molecular flexibility index (Phi) is 1.34. The molecule has 1 aliphatic heterocycles. The van der Waals surface area contributed by atoms with Gasteiger partial charge < -0.3 is 10.4 Å². The van der Waals surface area contributed by atoms with Gasteiger partial charge in [0, 0.05) is 0 Å². The number of hydrogen-bond acceptors (Lipinski definition) is 5. The number of nitrogens with one attached hydrogen (secondary N) is 2. The van der Waals surface area contributed by atoms with Crippen LogP contribution in [0, 0.1) is 10.4 Å². The van der Waals surface area contributed by atoms with E-state index in [9.17, 15) is 24.8 Å². The Morgan fingerprint density at radius 3 is 1.30 bits per heavy atom. The first-order chi connectivity index (χ1) is 4.55. The highest BCUT2D eigenvalue weighted by Gasteiger charge is 2.48. The van der Waals surface area contributed by atoms with Crippen LogP contribution in [0.4, 0.5) is 4.79 Å². The lowest BCUT2D eigenvalue weighted by molar-refractivity contribution is -0.776. The first-order valence-corrected chi connectivity index (χ1v) is 2.27. The number of imide groups is 2. The third-order valence-corrected chi connectivity index (χ3v) is 1.03. The van der Waals surface area contributed by atoms with Crippen molar-refractivity contribution in [1.29, 1.82) is 0 Å². The van der Waals surface area contributed by atoms with Crippen molar-refractivity contribution >= 4 is 17.8 Å². The summed E-state index contributed by atoms with van der Waals surface area (Å²) in [7, 11) is 0.